The van der Waals surface area contributed by atoms with Gasteiger partial charge in [-0.25, -0.2) is 0 Å². The maximum absolute atomic E-state index is 12.5. The summed E-state index contributed by atoms with van der Waals surface area (Å²) in [7, 11) is 0. The second-order valence-electron chi connectivity index (χ2n) is 8.15. The number of carbonyl (C=O) groups is 1. The summed E-state index contributed by atoms with van der Waals surface area (Å²) < 4.78 is 1.86. The molecular formula is C20H37N3O2. The minimum Gasteiger partial charge on any atom is -0.396 e. The molecule has 0 radical (unpaired) electrons. The van der Waals surface area contributed by atoms with Crippen LogP contribution in [0.15, 0.2) is 6.07 Å². The Morgan fingerprint density at radius 2 is 1.88 bits per heavy atom. The van der Waals surface area contributed by atoms with E-state index in [0.717, 1.165) is 18.7 Å². The molecule has 1 amide bonds. The minimum atomic E-state index is -0.103. The van der Waals surface area contributed by atoms with Gasteiger partial charge in [0.15, 0.2) is 0 Å². The van der Waals surface area contributed by atoms with E-state index in [0.29, 0.717) is 12.2 Å². The maximum atomic E-state index is 12.5. The first-order valence-electron chi connectivity index (χ1n) is 9.77. The monoisotopic (exact) mass is 351 g/mol. The Labute approximate surface area is 153 Å². The van der Waals surface area contributed by atoms with Crippen molar-refractivity contribution < 1.29 is 9.90 Å². The molecule has 0 aromatic carbocycles. The van der Waals surface area contributed by atoms with Crippen molar-refractivity contribution in [3.8, 4) is 0 Å². The first kappa shape index (κ1) is 21.7. The molecule has 0 saturated carbocycles. The van der Waals surface area contributed by atoms with Crippen molar-refractivity contribution in [2.75, 3.05) is 13.2 Å². The van der Waals surface area contributed by atoms with Crippen LogP contribution in [0.5, 0.6) is 0 Å². The molecule has 5 heteroatoms. The lowest BCUT2D eigenvalue weighted by Gasteiger charge is -2.14. The first-order valence-corrected chi connectivity index (χ1v) is 9.77. The number of rotatable bonds is 11. The Hall–Kier alpha value is -1.36. The lowest BCUT2D eigenvalue weighted by molar-refractivity contribution is 0.0931. The van der Waals surface area contributed by atoms with Gasteiger partial charge in [0.25, 0.3) is 5.91 Å². The molecule has 5 nitrogen and oxygen atoms in total. The predicted molar refractivity (Wildman–Crippen MR) is 103 cm³/mol. The summed E-state index contributed by atoms with van der Waals surface area (Å²) in [5.41, 5.74) is 1.49. The fourth-order valence-electron chi connectivity index (χ4n) is 2.60. The molecule has 0 spiro atoms. The second-order valence-corrected chi connectivity index (χ2v) is 8.15. The number of aliphatic hydroxyl groups excluding tert-OH is 1. The molecule has 1 aromatic rings. The van der Waals surface area contributed by atoms with Crippen LogP contribution in [0.1, 0.15) is 89.3 Å². The largest absolute Gasteiger partial charge is 0.396 e. The van der Waals surface area contributed by atoms with Gasteiger partial charge in [0.05, 0.1) is 5.69 Å². The number of hydrogen-bond donors (Lipinski definition) is 2. The van der Waals surface area contributed by atoms with E-state index in [1.807, 2.05) is 17.7 Å². The van der Waals surface area contributed by atoms with Gasteiger partial charge in [-0.2, -0.15) is 5.10 Å². The van der Waals surface area contributed by atoms with Crippen molar-refractivity contribution in [1.29, 1.82) is 0 Å². The number of aryl methyl sites for hydroxylation is 1. The molecule has 1 atom stereocenters. The van der Waals surface area contributed by atoms with Gasteiger partial charge in [-0.1, -0.05) is 66.7 Å². The van der Waals surface area contributed by atoms with E-state index in [-0.39, 0.29) is 23.8 Å². The number of carbonyl (C=O) groups excluding carboxylic acids is 1. The third-order valence-electron chi connectivity index (χ3n) is 4.43. The van der Waals surface area contributed by atoms with Crippen molar-refractivity contribution in [3.63, 3.8) is 0 Å². The van der Waals surface area contributed by atoms with Gasteiger partial charge in [0, 0.05) is 25.1 Å². The van der Waals surface area contributed by atoms with E-state index >= 15 is 0 Å². The molecule has 25 heavy (non-hydrogen) atoms. The summed E-state index contributed by atoms with van der Waals surface area (Å²) in [5.74, 6) is -0.0461. The number of aromatic nitrogens is 2. The smallest absolute Gasteiger partial charge is 0.269 e. The third-order valence-corrected chi connectivity index (χ3v) is 4.43. The lowest BCUT2D eigenvalue weighted by Crippen LogP contribution is -2.31. The highest BCUT2D eigenvalue weighted by Crippen LogP contribution is 2.22. The summed E-state index contributed by atoms with van der Waals surface area (Å²) >= 11 is 0. The van der Waals surface area contributed by atoms with Crippen molar-refractivity contribution >= 4 is 5.91 Å². The molecule has 2 N–H and O–H groups in total. The van der Waals surface area contributed by atoms with E-state index in [1.165, 1.54) is 32.1 Å². The van der Waals surface area contributed by atoms with E-state index in [1.54, 1.807) is 0 Å². The number of amides is 1. The molecule has 144 valence electrons. The summed E-state index contributed by atoms with van der Waals surface area (Å²) in [4.78, 5) is 12.5. The molecule has 1 unspecified atom stereocenters. The summed E-state index contributed by atoms with van der Waals surface area (Å²) in [6, 6.07) is 1.91. The number of unbranched alkanes of at least 4 members (excludes halogenated alkanes) is 5. The quantitative estimate of drug-likeness (QED) is 0.594. The summed E-state index contributed by atoms with van der Waals surface area (Å²) in [5, 5.41) is 16.7. The number of nitrogens with zero attached hydrogens (tertiary/aromatic N) is 2. The predicted octanol–water partition coefficient (Wildman–Crippen LogP) is 3.90. The molecule has 0 fully saturated rings. The van der Waals surface area contributed by atoms with Gasteiger partial charge in [-0.05, 0) is 18.4 Å². The van der Waals surface area contributed by atoms with Crippen molar-refractivity contribution in [3.05, 3.63) is 17.5 Å². The Kier molecular flexibility index (Phi) is 9.19. The molecular weight excluding hydrogens is 314 g/mol. The van der Waals surface area contributed by atoms with Crippen LogP contribution in [0.3, 0.4) is 0 Å². The van der Waals surface area contributed by atoms with E-state index in [2.05, 4.69) is 33.0 Å². The van der Waals surface area contributed by atoms with Crippen molar-refractivity contribution in [2.24, 2.45) is 5.92 Å². The number of hydrogen-bond acceptors (Lipinski definition) is 3. The van der Waals surface area contributed by atoms with Crippen LogP contribution in [0.4, 0.5) is 0 Å². The summed E-state index contributed by atoms with van der Waals surface area (Å²) in [6.07, 6.45) is 7.30. The van der Waals surface area contributed by atoms with Crippen molar-refractivity contribution in [1.82, 2.24) is 15.1 Å². The number of nitrogens with one attached hydrogen (secondary N) is 1. The highest BCUT2D eigenvalue weighted by Gasteiger charge is 2.22. The molecule has 0 aliphatic rings. The Morgan fingerprint density at radius 1 is 1.24 bits per heavy atom. The molecule has 0 aliphatic carbocycles. The average molecular weight is 352 g/mol. The van der Waals surface area contributed by atoms with Gasteiger partial charge in [-0.3, -0.25) is 9.48 Å². The van der Waals surface area contributed by atoms with Gasteiger partial charge in [-0.15, -0.1) is 0 Å². The van der Waals surface area contributed by atoms with Crippen LogP contribution in [0.2, 0.25) is 0 Å². The Balaban J connectivity index is 2.73. The average Bonchev–Trinajstić information content (AvgIpc) is 3.00. The van der Waals surface area contributed by atoms with Gasteiger partial charge >= 0.3 is 0 Å². The Bertz CT molecular complexity index is 518. The number of aliphatic hydroxyl groups is 1. The van der Waals surface area contributed by atoms with E-state index < -0.39 is 0 Å². The van der Waals surface area contributed by atoms with Crippen LogP contribution in [0, 0.1) is 5.92 Å². The van der Waals surface area contributed by atoms with Gasteiger partial charge < -0.3 is 10.4 Å². The fourth-order valence-corrected chi connectivity index (χ4v) is 2.60. The van der Waals surface area contributed by atoms with E-state index in [9.17, 15) is 4.79 Å². The van der Waals surface area contributed by atoms with Crippen LogP contribution < -0.4 is 5.32 Å². The molecule has 0 bridgehead atoms. The Morgan fingerprint density at radius 3 is 2.48 bits per heavy atom. The molecule has 0 saturated heterocycles. The third kappa shape index (κ3) is 7.59. The summed E-state index contributed by atoms with van der Waals surface area (Å²) in [6.45, 7) is 11.8. The highest BCUT2D eigenvalue weighted by atomic mass is 16.3. The van der Waals surface area contributed by atoms with Crippen LogP contribution >= 0.6 is 0 Å². The fraction of sp³-hybridized carbons (Fsp3) is 0.800. The SMILES string of the molecule is CCCCCCCCn1nc(C(C)(C)C)cc1C(=O)NCC(C)CO. The van der Waals surface area contributed by atoms with Crippen molar-refractivity contribution in [2.45, 2.75) is 85.1 Å². The standard InChI is InChI=1S/C20H37N3O2/c1-6-7-8-9-10-11-12-23-17(13-18(22-23)20(3,4)5)19(25)21-14-16(2)15-24/h13,16,24H,6-12,14-15H2,1-5H3,(H,21,25). The van der Waals surface area contributed by atoms with Gasteiger partial charge in [0.2, 0.25) is 0 Å². The first-order chi connectivity index (χ1) is 11.8. The molecule has 1 aromatic heterocycles. The maximum Gasteiger partial charge on any atom is 0.269 e. The molecule has 1 heterocycles. The van der Waals surface area contributed by atoms with Crippen LogP contribution in [0.25, 0.3) is 0 Å². The van der Waals surface area contributed by atoms with E-state index in [4.69, 9.17) is 10.2 Å². The second kappa shape index (κ2) is 10.6. The zero-order valence-electron chi connectivity index (χ0n) is 16.8. The molecule has 1 rings (SSSR count). The topological polar surface area (TPSA) is 67.2 Å². The highest BCUT2D eigenvalue weighted by molar-refractivity contribution is 5.92. The van der Waals surface area contributed by atoms with Crippen LogP contribution in [-0.4, -0.2) is 33.9 Å². The van der Waals surface area contributed by atoms with Gasteiger partial charge in [0.1, 0.15) is 5.69 Å². The molecule has 0 aliphatic heterocycles. The van der Waals surface area contributed by atoms with Crippen LogP contribution in [-0.2, 0) is 12.0 Å². The zero-order valence-corrected chi connectivity index (χ0v) is 16.8. The lowest BCUT2D eigenvalue weighted by atomic mass is 9.92. The minimum absolute atomic E-state index is 0.0565. The zero-order chi connectivity index (χ0) is 18.9. The normalized spacial score (nSPS) is 13.0.